The molecule has 2 heterocycles. The summed E-state index contributed by atoms with van der Waals surface area (Å²) < 4.78 is 0. The van der Waals surface area contributed by atoms with Gasteiger partial charge >= 0.3 is 0 Å². The number of nitrogens with one attached hydrogen (secondary N) is 1. The van der Waals surface area contributed by atoms with Crippen LogP contribution in [-0.2, 0) is 4.79 Å². The molecule has 0 saturated carbocycles. The van der Waals surface area contributed by atoms with Crippen molar-refractivity contribution in [3.8, 4) is 0 Å². The number of aliphatic hydroxyl groups excluding tert-OH is 1. The molecule has 0 spiro atoms. The number of hydrogen-bond donors (Lipinski definition) is 2. The van der Waals surface area contributed by atoms with Gasteiger partial charge in [-0.3, -0.25) is 4.79 Å². The van der Waals surface area contributed by atoms with E-state index in [0.717, 1.165) is 5.84 Å². The first-order valence-corrected chi connectivity index (χ1v) is 3.97. The summed E-state index contributed by atoms with van der Waals surface area (Å²) in [5.74, 6) is 0.660. The van der Waals surface area contributed by atoms with E-state index in [1.807, 2.05) is 11.8 Å². The number of fused-ring (bicyclic) bond motifs is 1. The fourth-order valence-electron chi connectivity index (χ4n) is 1.69. The van der Waals surface area contributed by atoms with Gasteiger partial charge in [0.25, 0.3) is 5.91 Å². The minimum atomic E-state index is -0.399. The van der Waals surface area contributed by atoms with E-state index < -0.39 is 6.10 Å². The van der Waals surface area contributed by atoms with E-state index in [0.29, 0.717) is 13.0 Å². The van der Waals surface area contributed by atoms with Crippen molar-refractivity contribution in [2.45, 2.75) is 25.5 Å². The second-order valence-electron chi connectivity index (χ2n) is 3.19. The van der Waals surface area contributed by atoms with Crippen LogP contribution in [0.15, 0.2) is 5.10 Å². The average molecular weight is 169 g/mol. The molecule has 0 aromatic carbocycles. The molecule has 1 amide bonds. The summed E-state index contributed by atoms with van der Waals surface area (Å²) in [6.07, 6.45) is 0.114. The molecule has 0 bridgehead atoms. The van der Waals surface area contributed by atoms with Crippen LogP contribution in [0, 0.1) is 0 Å². The number of carbonyl (C=O) groups excluding carboxylic acids is 1. The Balaban J connectivity index is 2.25. The Morgan fingerprint density at radius 2 is 2.50 bits per heavy atom. The smallest absolute Gasteiger partial charge is 0.262 e. The molecule has 2 atom stereocenters. The molecule has 2 aliphatic rings. The lowest BCUT2D eigenvalue weighted by Crippen LogP contribution is -2.48. The topological polar surface area (TPSA) is 64.9 Å². The van der Waals surface area contributed by atoms with Crippen LogP contribution in [0.4, 0.5) is 0 Å². The van der Waals surface area contributed by atoms with Gasteiger partial charge in [0, 0.05) is 13.0 Å². The van der Waals surface area contributed by atoms with Gasteiger partial charge in [0.2, 0.25) is 0 Å². The highest BCUT2D eigenvalue weighted by molar-refractivity contribution is 5.93. The number of hydrazone groups is 1. The van der Waals surface area contributed by atoms with Crippen LogP contribution in [0.1, 0.15) is 13.3 Å². The van der Waals surface area contributed by atoms with Crippen LogP contribution in [0.25, 0.3) is 0 Å². The molecule has 1 fully saturated rings. The maximum absolute atomic E-state index is 11.2. The van der Waals surface area contributed by atoms with Crippen molar-refractivity contribution in [2.24, 2.45) is 5.10 Å². The Morgan fingerprint density at radius 3 is 3.17 bits per heavy atom. The van der Waals surface area contributed by atoms with Crippen molar-refractivity contribution >= 4 is 11.7 Å². The van der Waals surface area contributed by atoms with Gasteiger partial charge in [0.1, 0.15) is 11.9 Å². The Hall–Kier alpha value is -1.10. The van der Waals surface area contributed by atoms with Gasteiger partial charge in [-0.1, -0.05) is 0 Å². The average Bonchev–Trinajstić information content (AvgIpc) is 2.41. The number of aliphatic hydroxyl groups is 1. The molecule has 0 unspecified atom stereocenters. The zero-order valence-electron chi connectivity index (χ0n) is 6.82. The van der Waals surface area contributed by atoms with Crippen LogP contribution in [0.2, 0.25) is 0 Å². The van der Waals surface area contributed by atoms with Crippen molar-refractivity contribution in [2.75, 3.05) is 6.54 Å². The standard InChI is InChI=1S/C7H11N3O2/c1-4-8-9-7(12)6-2-5(11)3-10(4)6/h5-6,11H,2-3H2,1H3,(H,9,12)/t5-,6+/m1/s1. The first kappa shape index (κ1) is 7.54. The van der Waals surface area contributed by atoms with E-state index in [1.54, 1.807) is 0 Å². The zero-order chi connectivity index (χ0) is 8.72. The molecule has 12 heavy (non-hydrogen) atoms. The molecule has 0 radical (unpaired) electrons. The Kier molecular flexibility index (Phi) is 1.54. The minimum absolute atomic E-state index is 0.114. The lowest BCUT2D eigenvalue weighted by atomic mass is 10.2. The lowest BCUT2D eigenvalue weighted by molar-refractivity contribution is -0.125. The van der Waals surface area contributed by atoms with E-state index in [-0.39, 0.29) is 11.9 Å². The molecule has 0 aliphatic carbocycles. The number of rotatable bonds is 0. The van der Waals surface area contributed by atoms with E-state index in [9.17, 15) is 9.90 Å². The summed E-state index contributed by atoms with van der Waals surface area (Å²) in [6, 6.07) is -0.211. The molecule has 1 saturated heterocycles. The fraction of sp³-hybridized carbons (Fsp3) is 0.714. The quantitative estimate of drug-likeness (QED) is 0.483. The Morgan fingerprint density at radius 1 is 1.75 bits per heavy atom. The number of amides is 1. The Bertz CT molecular complexity index is 251. The zero-order valence-corrected chi connectivity index (χ0v) is 6.82. The second-order valence-corrected chi connectivity index (χ2v) is 3.19. The molecule has 66 valence electrons. The largest absolute Gasteiger partial charge is 0.391 e. The monoisotopic (exact) mass is 169 g/mol. The summed E-state index contributed by atoms with van der Waals surface area (Å²) in [6.45, 7) is 2.35. The highest BCUT2D eigenvalue weighted by atomic mass is 16.3. The van der Waals surface area contributed by atoms with Crippen molar-refractivity contribution in [1.82, 2.24) is 10.3 Å². The molecule has 5 heteroatoms. The predicted molar refractivity (Wildman–Crippen MR) is 42.4 cm³/mol. The molecule has 0 aromatic rings. The van der Waals surface area contributed by atoms with Crippen molar-refractivity contribution in [3.05, 3.63) is 0 Å². The van der Waals surface area contributed by atoms with E-state index in [4.69, 9.17) is 0 Å². The van der Waals surface area contributed by atoms with Crippen molar-refractivity contribution in [1.29, 1.82) is 0 Å². The van der Waals surface area contributed by atoms with Gasteiger partial charge in [-0.05, 0) is 6.92 Å². The molecule has 2 rings (SSSR count). The normalized spacial score (nSPS) is 34.3. The van der Waals surface area contributed by atoms with Gasteiger partial charge in [-0.25, -0.2) is 5.43 Å². The summed E-state index contributed by atoms with van der Waals surface area (Å²) in [7, 11) is 0. The van der Waals surface area contributed by atoms with Gasteiger partial charge in [-0.15, -0.1) is 0 Å². The molecular weight excluding hydrogens is 158 g/mol. The summed E-state index contributed by atoms with van der Waals surface area (Å²) >= 11 is 0. The van der Waals surface area contributed by atoms with Gasteiger partial charge in [0.15, 0.2) is 0 Å². The first-order valence-electron chi connectivity index (χ1n) is 3.97. The second kappa shape index (κ2) is 2.45. The van der Waals surface area contributed by atoms with Gasteiger partial charge in [-0.2, -0.15) is 5.10 Å². The molecule has 2 aliphatic heterocycles. The number of carbonyl (C=O) groups is 1. The molecule has 0 aromatic heterocycles. The first-order chi connectivity index (χ1) is 5.68. The summed E-state index contributed by atoms with van der Waals surface area (Å²) in [5.41, 5.74) is 2.42. The van der Waals surface area contributed by atoms with Gasteiger partial charge < -0.3 is 10.0 Å². The summed E-state index contributed by atoms with van der Waals surface area (Å²) in [4.78, 5) is 13.0. The predicted octanol–water partition coefficient (Wildman–Crippen LogP) is -1.12. The van der Waals surface area contributed by atoms with Crippen molar-refractivity contribution < 1.29 is 9.90 Å². The number of nitrogens with zero attached hydrogens (tertiary/aromatic N) is 2. The van der Waals surface area contributed by atoms with Crippen LogP contribution < -0.4 is 5.43 Å². The lowest BCUT2D eigenvalue weighted by Gasteiger charge is -2.27. The van der Waals surface area contributed by atoms with Crippen LogP contribution >= 0.6 is 0 Å². The number of amidine groups is 1. The third kappa shape index (κ3) is 0.972. The highest BCUT2D eigenvalue weighted by Gasteiger charge is 2.38. The third-order valence-corrected chi connectivity index (χ3v) is 2.33. The highest BCUT2D eigenvalue weighted by Crippen LogP contribution is 2.20. The van der Waals surface area contributed by atoms with Crippen LogP contribution in [-0.4, -0.2) is 40.4 Å². The fourth-order valence-corrected chi connectivity index (χ4v) is 1.69. The third-order valence-electron chi connectivity index (χ3n) is 2.33. The molecule has 2 N–H and O–H groups in total. The van der Waals surface area contributed by atoms with E-state index >= 15 is 0 Å². The van der Waals surface area contributed by atoms with Gasteiger partial charge in [0.05, 0.1) is 6.10 Å². The van der Waals surface area contributed by atoms with E-state index in [2.05, 4.69) is 10.5 Å². The molecule has 5 nitrogen and oxygen atoms in total. The molecular formula is C7H11N3O2. The maximum atomic E-state index is 11.2. The Labute approximate surface area is 70.0 Å². The van der Waals surface area contributed by atoms with Crippen LogP contribution in [0.5, 0.6) is 0 Å². The van der Waals surface area contributed by atoms with Crippen molar-refractivity contribution in [3.63, 3.8) is 0 Å². The SMILES string of the molecule is CC1=NNC(=O)[C@@H]2C[C@@H](O)CN12. The number of hydrogen-bond acceptors (Lipinski definition) is 4. The maximum Gasteiger partial charge on any atom is 0.262 e. The summed E-state index contributed by atoms with van der Waals surface area (Å²) in [5, 5.41) is 13.1. The minimum Gasteiger partial charge on any atom is -0.391 e. The van der Waals surface area contributed by atoms with E-state index in [1.165, 1.54) is 0 Å². The van der Waals surface area contributed by atoms with Crippen LogP contribution in [0.3, 0.4) is 0 Å².